The molecule has 0 spiro atoms. The zero-order valence-corrected chi connectivity index (χ0v) is 6.08. The number of sulfone groups is 1. The van der Waals surface area contributed by atoms with Gasteiger partial charge in [-0.15, -0.1) is 0 Å². The molecule has 1 aliphatic heterocycles. The monoisotopic (exact) mass is 152 g/mol. The van der Waals surface area contributed by atoms with Crippen LogP contribution in [0.1, 0.15) is 6.42 Å². The highest BCUT2D eigenvalue weighted by Crippen LogP contribution is 2.15. The second-order valence-corrected chi connectivity index (χ2v) is 5.02. The van der Waals surface area contributed by atoms with Crippen LogP contribution in [0.15, 0.2) is 0 Å². The molecule has 1 fully saturated rings. The van der Waals surface area contributed by atoms with E-state index in [2.05, 4.69) is 12.6 Å². The summed E-state index contributed by atoms with van der Waals surface area (Å²) in [6.45, 7) is 0. The molecule has 0 aliphatic carbocycles. The van der Waals surface area contributed by atoms with Crippen molar-refractivity contribution in [2.75, 3.05) is 11.5 Å². The molecule has 1 aliphatic rings. The molecule has 1 atom stereocenters. The summed E-state index contributed by atoms with van der Waals surface area (Å²) in [6, 6.07) is 0. The van der Waals surface area contributed by atoms with E-state index in [1.54, 1.807) is 0 Å². The first-order valence-corrected chi connectivity index (χ1v) is 4.82. The van der Waals surface area contributed by atoms with E-state index in [9.17, 15) is 8.42 Å². The molecule has 0 saturated carbocycles. The zero-order valence-electron chi connectivity index (χ0n) is 4.37. The Hall–Kier alpha value is 0.300. The van der Waals surface area contributed by atoms with Crippen LogP contribution in [0.4, 0.5) is 0 Å². The van der Waals surface area contributed by atoms with Crippen molar-refractivity contribution in [3.8, 4) is 0 Å². The van der Waals surface area contributed by atoms with Crippen molar-refractivity contribution in [2.45, 2.75) is 11.7 Å². The molecule has 4 heteroatoms. The van der Waals surface area contributed by atoms with Crippen molar-refractivity contribution >= 4 is 22.5 Å². The average molecular weight is 152 g/mol. The second kappa shape index (κ2) is 1.92. The van der Waals surface area contributed by atoms with Gasteiger partial charge in [0.05, 0.1) is 11.5 Å². The van der Waals surface area contributed by atoms with Gasteiger partial charge >= 0.3 is 0 Å². The summed E-state index contributed by atoms with van der Waals surface area (Å²) in [6.07, 6.45) is 0.728. The first kappa shape index (κ1) is 6.42. The Labute approximate surface area is 54.6 Å². The van der Waals surface area contributed by atoms with Gasteiger partial charge in [0.25, 0.3) is 0 Å². The fourth-order valence-corrected chi connectivity index (χ4v) is 3.32. The molecule has 1 heterocycles. The van der Waals surface area contributed by atoms with Crippen molar-refractivity contribution in [2.24, 2.45) is 0 Å². The molecule has 48 valence electrons. The zero-order chi connectivity index (χ0) is 6.20. The molecule has 8 heavy (non-hydrogen) atoms. The lowest BCUT2D eigenvalue weighted by molar-refractivity contribution is 0.602. The van der Waals surface area contributed by atoms with E-state index < -0.39 is 9.84 Å². The molecule has 0 bridgehead atoms. The summed E-state index contributed by atoms with van der Waals surface area (Å²) in [4.78, 5) is 0. The van der Waals surface area contributed by atoms with E-state index in [1.165, 1.54) is 0 Å². The highest BCUT2D eigenvalue weighted by atomic mass is 32.2. The highest BCUT2D eigenvalue weighted by molar-refractivity contribution is 7.93. The third-order valence-electron chi connectivity index (χ3n) is 1.21. The van der Waals surface area contributed by atoms with Crippen LogP contribution in [0.5, 0.6) is 0 Å². The molecular formula is C4H8O2S2. The molecule has 0 aromatic carbocycles. The summed E-state index contributed by atoms with van der Waals surface area (Å²) < 4.78 is 21.2. The van der Waals surface area contributed by atoms with Crippen molar-refractivity contribution in [1.29, 1.82) is 0 Å². The SMILES string of the molecule is O=S1(=O)CC[C@@H](S)C1. The minimum absolute atomic E-state index is 0.0972. The molecule has 0 radical (unpaired) electrons. The molecule has 1 saturated heterocycles. The molecule has 1 rings (SSSR count). The fraction of sp³-hybridized carbons (Fsp3) is 1.00. The molecule has 0 N–H and O–H groups in total. The van der Waals surface area contributed by atoms with E-state index in [-0.39, 0.29) is 11.0 Å². The van der Waals surface area contributed by atoms with Crippen molar-refractivity contribution in [3.63, 3.8) is 0 Å². The minimum atomic E-state index is -2.67. The Morgan fingerprint density at radius 1 is 1.50 bits per heavy atom. The Morgan fingerprint density at radius 2 is 2.12 bits per heavy atom. The van der Waals surface area contributed by atoms with E-state index in [1.807, 2.05) is 0 Å². The minimum Gasteiger partial charge on any atom is -0.229 e. The lowest BCUT2D eigenvalue weighted by Gasteiger charge is -1.89. The largest absolute Gasteiger partial charge is 0.229 e. The van der Waals surface area contributed by atoms with Crippen LogP contribution >= 0.6 is 12.6 Å². The molecular weight excluding hydrogens is 144 g/mol. The van der Waals surface area contributed by atoms with Crippen LogP contribution in [0, 0.1) is 0 Å². The second-order valence-electron chi connectivity index (χ2n) is 2.06. The lowest BCUT2D eigenvalue weighted by atomic mass is 10.4. The summed E-state index contributed by atoms with van der Waals surface area (Å²) in [7, 11) is -2.67. The van der Waals surface area contributed by atoms with E-state index >= 15 is 0 Å². The Kier molecular flexibility index (Phi) is 1.54. The van der Waals surface area contributed by atoms with Gasteiger partial charge in [0, 0.05) is 5.25 Å². The van der Waals surface area contributed by atoms with E-state index in [0.717, 1.165) is 6.42 Å². The maximum Gasteiger partial charge on any atom is 0.151 e. The number of rotatable bonds is 0. The van der Waals surface area contributed by atoms with Gasteiger partial charge in [-0.25, -0.2) is 8.42 Å². The lowest BCUT2D eigenvalue weighted by Crippen LogP contribution is -2.03. The fourth-order valence-electron chi connectivity index (χ4n) is 0.775. The third kappa shape index (κ3) is 1.39. The average Bonchev–Trinajstić information content (AvgIpc) is 1.82. The smallest absolute Gasteiger partial charge is 0.151 e. The third-order valence-corrected chi connectivity index (χ3v) is 3.66. The van der Waals surface area contributed by atoms with E-state index in [0.29, 0.717) is 5.75 Å². The Bertz CT molecular complexity index is 170. The van der Waals surface area contributed by atoms with Crippen LogP contribution in [-0.2, 0) is 9.84 Å². The topological polar surface area (TPSA) is 34.1 Å². The van der Waals surface area contributed by atoms with Gasteiger partial charge in [-0.2, -0.15) is 12.6 Å². The standard InChI is InChI=1S/C4H8O2S2/c5-8(6)2-1-4(7)3-8/h4,7H,1-3H2/t4-/m1/s1. The van der Waals surface area contributed by atoms with Crippen molar-refractivity contribution in [3.05, 3.63) is 0 Å². The van der Waals surface area contributed by atoms with Crippen molar-refractivity contribution in [1.82, 2.24) is 0 Å². The maximum atomic E-state index is 10.6. The normalized spacial score (nSPS) is 35.4. The quantitative estimate of drug-likeness (QED) is 0.500. The molecule has 0 unspecified atom stereocenters. The van der Waals surface area contributed by atoms with Gasteiger partial charge in [-0.1, -0.05) is 0 Å². The summed E-state index contributed by atoms with van der Waals surface area (Å²) in [5.41, 5.74) is 0. The number of hydrogen-bond donors (Lipinski definition) is 1. The summed E-state index contributed by atoms with van der Waals surface area (Å²) in [5, 5.41) is 0.0972. The molecule has 0 aromatic heterocycles. The van der Waals surface area contributed by atoms with Crippen LogP contribution in [0.25, 0.3) is 0 Å². The maximum absolute atomic E-state index is 10.6. The summed E-state index contributed by atoms with van der Waals surface area (Å²) in [5.74, 6) is 0.608. The van der Waals surface area contributed by atoms with Gasteiger partial charge in [-0.3, -0.25) is 0 Å². The molecule has 2 nitrogen and oxygen atoms in total. The van der Waals surface area contributed by atoms with Gasteiger partial charge in [-0.05, 0) is 6.42 Å². The predicted octanol–water partition coefficient (Wildman–Crippen LogP) is 0.103. The Morgan fingerprint density at radius 3 is 2.25 bits per heavy atom. The van der Waals surface area contributed by atoms with Crippen LogP contribution in [0.2, 0.25) is 0 Å². The number of hydrogen-bond acceptors (Lipinski definition) is 3. The highest BCUT2D eigenvalue weighted by Gasteiger charge is 2.24. The molecule has 0 aromatic rings. The van der Waals surface area contributed by atoms with Gasteiger partial charge < -0.3 is 0 Å². The van der Waals surface area contributed by atoms with Crippen molar-refractivity contribution < 1.29 is 8.42 Å². The first-order valence-electron chi connectivity index (χ1n) is 2.49. The van der Waals surface area contributed by atoms with Gasteiger partial charge in [0.15, 0.2) is 9.84 Å². The first-order chi connectivity index (χ1) is 3.60. The van der Waals surface area contributed by atoms with Gasteiger partial charge in [0.1, 0.15) is 0 Å². The summed E-state index contributed by atoms with van der Waals surface area (Å²) >= 11 is 4.03. The molecule has 0 amide bonds. The number of thiol groups is 1. The van der Waals surface area contributed by atoms with Gasteiger partial charge in [0.2, 0.25) is 0 Å². The predicted molar refractivity (Wildman–Crippen MR) is 36.0 cm³/mol. The Balaban J connectivity index is 2.71. The van der Waals surface area contributed by atoms with Crippen LogP contribution < -0.4 is 0 Å². The van der Waals surface area contributed by atoms with Crippen LogP contribution in [-0.4, -0.2) is 25.2 Å². The van der Waals surface area contributed by atoms with Crippen LogP contribution in [0.3, 0.4) is 0 Å². The van der Waals surface area contributed by atoms with E-state index in [4.69, 9.17) is 0 Å².